The van der Waals surface area contributed by atoms with Gasteiger partial charge in [-0.25, -0.2) is 0 Å². The molecule has 0 saturated carbocycles. The molecule has 0 spiro atoms. The van der Waals surface area contributed by atoms with Crippen LogP contribution >= 0.6 is 11.6 Å². The molecule has 0 aromatic heterocycles. The van der Waals surface area contributed by atoms with E-state index in [0.717, 1.165) is 5.88 Å². The van der Waals surface area contributed by atoms with Crippen LogP contribution in [0, 0.1) is 6.92 Å². The Hall–Kier alpha value is -0.490. The Morgan fingerprint density at radius 1 is 1.23 bits per heavy atom. The number of alkyl halides is 1. The van der Waals surface area contributed by atoms with Crippen LogP contribution in [-0.4, -0.2) is 5.88 Å². The average molecular weight is 197 g/mol. The van der Waals surface area contributed by atoms with E-state index in [1.54, 1.807) is 0 Å². The third-order valence-corrected chi connectivity index (χ3v) is 2.74. The number of hydrogen-bond donors (Lipinski definition) is 0. The van der Waals surface area contributed by atoms with Crippen LogP contribution < -0.4 is 0 Å². The van der Waals surface area contributed by atoms with Gasteiger partial charge in [0.2, 0.25) is 0 Å². The van der Waals surface area contributed by atoms with Crippen molar-refractivity contribution in [3.05, 3.63) is 35.4 Å². The molecule has 0 aliphatic carbocycles. The molecule has 1 aromatic rings. The van der Waals surface area contributed by atoms with Gasteiger partial charge in [-0.15, -0.1) is 11.6 Å². The van der Waals surface area contributed by atoms with E-state index in [0.29, 0.717) is 5.92 Å². The van der Waals surface area contributed by atoms with Crippen molar-refractivity contribution in [1.82, 2.24) is 0 Å². The Balaban J connectivity index is 2.73. The van der Waals surface area contributed by atoms with Crippen molar-refractivity contribution >= 4 is 11.6 Å². The van der Waals surface area contributed by atoms with E-state index in [4.69, 9.17) is 11.6 Å². The lowest BCUT2D eigenvalue weighted by atomic mass is 9.96. The summed E-state index contributed by atoms with van der Waals surface area (Å²) in [5.41, 5.74) is 2.69. The molecule has 1 heteroatoms. The van der Waals surface area contributed by atoms with Crippen LogP contribution in [0.4, 0.5) is 0 Å². The smallest absolute Gasteiger partial charge is 0.0292 e. The summed E-state index contributed by atoms with van der Waals surface area (Å²) < 4.78 is 0. The SMILES string of the molecule is CCCC(CCl)c1ccc(C)cc1. The fourth-order valence-electron chi connectivity index (χ4n) is 1.52. The Labute approximate surface area is 85.9 Å². The second-order valence-electron chi connectivity index (χ2n) is 3.55. The summed E-state index contributed by atoms with van der Waals surface area (Å²) in [6.07, 6.45) is 2.39. The van der Waals surface area contributed by atoms with Gasteiger partial charge in [0.15, 0.2) is 0 Å². The second-order valence-corrected chi connectivity index (χ2v) is 3.86. The highest BCUT2D eigenvalue weighted by Gasteiger charge is 2.07. The van der Waals surface area contributed by atoms with Gasteiger partial charge < -0.3 is 0 Å². The van der Waals surface area contributed by atoms with E-state index in [-0.39, 0.29) is 0 Å². The minimum atomic E-state index is 0.535. The quantitative estimate of drug-likeness (QED) is 0.636. The van der Waals surface area contributed by atoms with Gasteiger partial charge in [-0.1, -0.05) is 43.2 Å². The maximum atomic E-state index is 5.92. The van der Waals surface area contributed by atoms with Gasteiger partial charge >= 0.3 is 0 Å². The lowest BCUT2D eigenvalue weighted by molar-refractivity contribution is 0.670. The van der Waals surface area contributed by atoms with E-state index >= 15 is 0 Å². The molecule has 0 radical (unpaired) electrons. The standard InChI is InChI=1S/C12H17Cl/c1-3-4-12(9-13)11-7-5-10(2)6-8-11/h5-8,12H,3-4,9H2,1-2H3. The predicted octanol–water partition coefficient (Wildman–Crippen LogP) is 4.12. The molecular formula is C12H17Cl. The van der Waals surface area contributed by atoms with Gasteiger partial charge in [-0.05, 0) is 24.8 Å². The minimum Gasteiger partial charge on any atom is -0.126 e. The van der Waals surface area contributed by atoms with Crippen LogP contribution in [0.2, 0.25) is 0 Å². The molecule has 0 amide bonds. The molecule has 0 N–H and O–H groups in total. The first-order chi connectivity index (χ1) is 6.27. The number of hydrogen-bond acceptors (Lipinski definition) is 0. The molecule has 0 fully saturated rings. The molecule has 1 aromatic carbocycles. The highest BCUT2D eigenvalue weighted by molar-refractivity contribution is 6.18. The third-order valence-electron chi connectivity index (χ3n) is 2.37. The molecule has 1 unspecified atom stereocenters. The van der Waals surface area contributed by atoms with Gasteiger partial charge in [0, 0.05) is 5.88 Å². The number of rotatable bonds is 4. The molecular weight excluding hydrogens is 180 g/mol. The Morgan fingerprint density at radius 2 is 1.85 bits per heavy atom. The zero-order chi connectivity index (χ0) is 9.68. The van der Waals surface area contributed by atoms with Gasteiger partial charge in [0.25, 0.3) is 0 Å². The number of benzene rings is 1. The monoisotopic (exact) mass is 196 g/mol. The summed E-state index contributed by atoms with van der Waals surface area (Å²) in [6, 6.07) is 8.70. The molecule has 0 nitrogen and oxygen atoms in total. The van der Waals surface area contributed by atoms with Gasteiger partial charge in [0.05, 0.1) is 0 Å². The van der Waals surface area contributed by atoms with Crippen LogP contribution in [-0.2, 0) is 0 Å². The van der Waals surface area contributed by atoms with Crippen LogP contribution in [0.1, 0.15) is 36.8 Å². The average Bonchev–Trinajstić information content (AvgIpc) is 2.16. The lowest BCUT2D eigenvalue weighted by Gasteiger charge is -2.12. The van der Waals surface area contributed by atoms with Gasteiger partial charge in [0.1, 0.15) is 0 Å². The summed E-state index contributed by atoms with van der Waals surface area (Å²) >= 11 is 5.92. The Bertz CT molecular complexity index is 238. The number of halogens is 1. The molecule has 0 saturated heterocycles. The highest BCUT2D eigenvalue weighted by Crippen LogP contribution is 2.22. The van der Waals surface area contributed by atoms with Crippen LogP contribution in [0.25, 0.3) is 0 Å². The van der Waals surface area contributed by atoms with Crippen LogP contribution in [0.5, 0.6) is 0 Å². The summed E-state index contributed by atoms with van der Waals surface area (Å²) in [7, 11) is 0. The second kappa shape index (κ2) is 5.29. The normalized spacial score (nSPS) is 12.8. The Kier molecular flexibility index (Phi) is 4.31. The van der Waals surface area contributed by atoms with Crippen molar-refractivity contribution in [3.63, 3.8) is 0 Å². The summed E-state index contributed by atoms with van der Waals surface area (Å²) in [6.45, 7) is 4.31. The first-order valence-corrected chi connectivity index (χ1v) is 5.44. The molecule has 0 aliphatic heterocycles. The van der Waals surface area contributed by atoms with Crippen molar-refractivity contribution in [3.8, 4) is 0 Å². The fraction of sp³-hybridized carbons (Fsp3) is 0.500. The molecule has 0 aliphatic rings. The van der Waals surface area contributed by atoms with Crippen molar-refractivity contribution in [2.75, 3.05) is 5.88 Å². The summed E-state index contributed by atoms with van der Waals surface area (Å²) in [4.78, 5) is 0. The summed E-state index contributed by atoms with van der Waals surface area (Å²) in [5.74, 6) is 1.27. The van der Waals surface area contributed by atoms with E-state index in [9.17, 15) is 0 Å². The topological polar surface area (TPSA) is 0 Å². The van der Waals surface area contributed by atoms with E-state index in [1.807, 2.05) is 0 Å². The largest absolute Gasteiger partial charge is 0.126 e. The summed E-state index contributed by atoms with van der Waals surface area (Å²) in [5, 5.41) is 0. The van der Waals surface area contributed by atoms with Gasteiger partial charge in [-0.3, -0.25) is 0 Å². The first kappa shape index (κ1) is 10.6. The zero-order valence-electron chi connectivity index (χ0n) is 8.39. The van der Waals surface area contributed by atoms with E-state index in [2.05, 4.69) is 38.1 Å². The molecule has 72 valence electrons. The molecule has 13 heavy (non-hydrogen) atoms. The molecule has 1 rings (SSSR count). The zero-order valence-corrected chi connectivity index (χ0v) is 9.14. The van der Waals surface area contributed by atoms with E-state index < -0.39 is 0 Å². The molecule has 0 bridgehead atoms. The van der Waals surface area contributed by atoms with Crippen LogP contribution in [0.3, 0.4) is 0 Å². The van der Waals surface area contributed by atoms with Crippen molar-refractivity contribution in [1.29, 1.82) is 0 Å². The van der Waals surface area contributed by atoms with Crippen molar-refractivity contribution in [2.24, 2.45) is 0 Å². The predicted molar refractivity (Wildman–Crippen MR) is 59.5 cm³/mol. The third kappa shape index (κ3) is 3.04. The minimum absolute atomic E-state index is 0.535. The van der Waals surface area contributed by atoms with Crippen molar-refractivity contribution < 1.29 is 0 Å². The molecule has 1 atom stereocenters. The van der Waals surface area contributed by atoms with E-state index in [1.165, 1.54) is 24.0 Å². The highest BCUT2D eigenvalue weighted by atomic mass is 35.5. The van der Waals surface area contributed by atoms with Crippen molar-refractivity contribution in [2.45, 2.75) is 32.6 Å². The van der Waals surface area contributed by atoms with Crippen LogP contribution in [0.15, 0.2) is 24.3 Å². The fourth-order valence-corrected chi connectivity index (χ4v) is 1.85. The molecule has 0 heterocycles. The number of aryl methyl sites for hydroxylation is 1. The Morgan fingerprint density at radius 3 is 2.31 bits per heavy atom. The van der Waals surface area contributed by atoms with Gasteiger partial charge in [-0.2, -0.15) is 0 Å². The lowest BCUT2D eigenvalue weighted by Crippen LogP contribution is -1.99. The maximum absolute atomic E-state index is 5.92. The first-order valence-electron chi connectivity index (χ1n) is 4.90. The maximum Gasteiger partial charge on any atom is 0.0292 e.